The van der Waals surface area contributed by atoms with Crippen molar-refractivity contribution in [1.29, 1.82) is 0 Å². The van der Waals surface area contributed by atoms with Crippen molar-refractivity contribution in [3.05, 3.63) is 50.9 Å². The summed E-state index contributed by atoms with van der Waals surface area (Å²) in [6.07, 6.45) is 0.346. The number of fused-ring (bicyclic) bond motifs is 1. The molecule has 100 valence electrons. The molecular weight excluding hydrogens is 297 g/mol. The molecule has 7 heteroatoms. The van der Waals surface area contributed by atoms with Crippen LogP contribution in [-0.4, -0.2) is 9.97 Å². The number of aromatic amines is 1. The number of nitrogens with one attached hydrogen (secondary N) is 1. The van der Waals surface area contributed by atoms with Gasteiger partial charge in [-0.3, -0.25) is 4.79 Å². The molecule has 0 bridgehead atoms. The Morgan fingerprint density at radius 2 is 2.11 bits per heavy atom. The van der Waals surface area contributed by atoms with E-state index in [4.69, 9.17) is 23.2 Å². The first-order chi connectivity index (χ1) is 8.85. The van der Waals surface area contributed by atoms with Crippen LogP contribution in [-0.2, 0) is 5.92 Å². The Bertz CT molecular complexity index is 713. The highest BCUT2D eigenvalue weighted by molar-refractivity contribution is 6.38. The lowest BCUT2D eigenvalue weighted by Gasteiger charge is -2.13. The summed E-state index contributed by atoms with van der Waals surface area (Å²) < 4.78 is 27.5. The van der Waals surface area contributed by atoms with E-state index in [2.05, 4.69) is 16.5 Å². The monoisotopic (exact) mass is 304 g/mol. The third-order valence-corrected chi connectivity index (χ3v) is 2.98. The molecule has 1 heterocycles. The molecule has 0 amide bonds. The molecule has 0 saturated heterocycles. The normalized spacial score (nSPS) is 11.8. The van der Waals surface area contributed by atoms with Crippen LogP contribution in [0.1, 0.15) is 12.1 Å². The Balaban J connectivity index is 2.75. The summed E-state index contributed by atoms with van der Waals surface area (Å²) in [4.78, 5) is 17.6. The molecule has 0 spiro atoms. The van der Waals surface area contributed by atoms with E-state index in [1.54, 1.807) is 0 Å². The van der Waals surface area contributed by atoms with Gasteiger partial charge >= 0.3 is 0 Å². The minimum absolute atomic E-state index is 0.107. The number of H-pyrrole nitrogens is 1. The number of hydrogen-bond acceptors (Lipinski definition) is 2. The van der Waals surface area contributed by atoms with Crippen molar-refractivity contribution in [1.82, 2.24) is 9.97 Å². The zero-order chi connectivity index (χ0) is 14.2. The minimum atomic E-state index is -3.39. The lowest BCUT2D eigenvalue weighted by molar-refractivity contribution is -0.00662. The van der Waals surface area contributed by atoms with Gasteiger partial charge in [-0.1, -0.05) is 29.3 Å². The Labute approximate surface area is 116 Å². The van der Waals surface area contributed by atoms with Gasteiger partial charge in [-0.05, 0) is 12.1 Å². The molecule has 1 aromatic heterocycles. The zero-order valence-corrected chi connectivity index (χ0v) is 11.0. The number of rotatable bonds is 3. The van der Waals surface area contributed by atoms with E-state index >= 15 is 0 Å². The third-order valence-electron chi connectivity index (χ3n) is 2.47. The van der Waals surface area contributed by atoms with Crippen LogP contribution >= 0.6 is 23.2 Å². The van der Waals surface area contributed by atoms with E-state index in [1.807, 2.05) is 0 Å². The van der Waals surface area contributed by atoms with Gasteiger partial charge in [-0.25, -0.2) is 4.98 Å². The summed E-state index contributed by atoms with van der Waals surface area (Å²) in [5.74, 6) is -3.39. The molecule has 3 nitrogen and oxygen atoms in total. The molecule has 19 heavy (non-hydrogen) atoms. The molecule has 2 aromatic rings. The quantitative estimate of drug-likeness (QED) is 0.874. The maximum absolute atomic E-state index is 13.7. The molecule has 0 aliphatic heterocycles. The Morgan fingerprint density at radius 3 is 2.74 bits per heavy atom. The first kappa shape index (κ1) is 14.0. The number of alkyl halides is 2. The highest BCUT2D eigenvalue weighted by atomic mass is 35.5. The molecule has 2 rings (SSSR count). The maximum Gasteiger partial charge on any atom is 0.298 e. The van der Waals surface area contributed by atoms with E-state index in [1.165, 1.54) is 12.1 Å². The molecule has 0 saturated carbocycles. The number of halogens is 4. The maximum atomic E-state index is 13.7. The number of allylic oxidation sites excluding steroid dienone is 1. The van der Waals surface area contributed by atoms with Gasteiger partial charge in [-0.2, -0.15) is 8.78 Å². The van der Waals surface area contributed by atoms with Crippen LogP contribution in [0.2, 0.25) is 10.0 Å². The van der Waals surface area contributed by atoms with Crippen molar-refractivity contribution in [3.63, 3.8) is 0 Å². The third kappa shape index (κ3) is 2.62. The van der Waals surface area contributed by atoms with Gasteiger partial charge in [0.05, 0.1) is 16.1 Å². The van der Waals surface area contributed by atoms with Gasteiger partial charge in [-0.15, -0.1) is 6.58 Å². The van der Waals surface area contributed by atoms with E-state index in [0.717, 1.165) is 6.08 Å². The molecule has 1 aromatic carbocycles. The lowest BCUT2D eigenvalue weighted by atomic mass is 10.1. The summed E-state index contributed by atoms with van der Waals surface area (Å²) in [7, 11) is 0. The molecule has 1 N–H and O–H groups in total. The first-order valence-electron chi connectivity index (χ1n) is 5.23. The van der Waals surface area contributed by atoms with Gasteiger partial charge in [0.15, 0.2) is 5.69 Å². The Hall–Kier alpha value is -1.46. The van der Waals surface area contributed by atoms with E-state index in [-0.39, 0.29) is 21.1 Å². The average molecular weight is 305 g/mol. The van der Waals surface area contributed by atoms with Crippen LogP contribution in [0.4, 0.5) is 8.78 Å². The second kappa shape index (κ2) is 4.90. The zero-order valence-electron chi connectivity index (χ0n) is 9.51. The Kier molecular flexibility index (Phi) is 3.60. The lowest BCUT2D eigenvalue weighted by Crippen LogP contribution is -2.26. The smallest absolute Gasteiger partial charge is 0.298 e. The fraction of sp³-hybridized carbons (Fsp3) is 0.167. The van der Waals surface area contributed by atoms with Gasteiger partial charge in [0, 0.05) is 11.4 Å². The van der Waals surface area contributed by atoms with Crippen molar-refractivity contribution in [2.24, 2.45) is 0 Å². The van der Waals surface area contributed by atoms with Crippen molar-refractivity contribution >= 4 is 34.2 Å². The minimum Gasteiger partial charge on any atom is -0.318 e. The number of hydrogen-bond donors (Lipinski definition) is 1. The van der Waals surface area contributed by atoms with Crippen molar-refractivity contribution in [2.75, 3.05) is 0 Å². The predicted molar refractivity (Wildman–Crippen MR) is 71.1 cm³/mol. The van der Waals surface area contributed by atoms with Crippen LogP contribution in [0.3, 0.4) is 0 Å². The fourth-order valence-electron chi connectivity index (χ4n) is 1.64. The SMILES string of the molecule is C=CCC(F)(F)c1nc2cc(Cl)cc(Cl)c2[nH]c1=O. The van der Waals surface area contributed by atoms with Crippen molar-refractivity contribution in [3.8, 4) is 0 Å². The second-order valence-electron chi connectivity index (χ2n) is 3.89. The van der Waals surface area contributed by atoms with E-state index < -0.39 is 23.6 Å². The predicted octanol–water partition coefficient (Wildman–Crippen LogP) is 3.90. The average Bonchev–Trinajstić information content (AvgIpc) is 2.29. The van der Waals surface area contributed by atoms with Crippen molar-refractivity contribution in [2.45, 2.75) is 12.3 Å². The van der Waals surface area contributed by atoms with Crippen LogP contribution < -0.4 is 5.56 Å². The fourth-order valence-corrected chi connectivity index (χ4v) is 2.17. The summed E-state index contributed by atoms with van der Waals surface area (Å²) in [5, 5.41) is 0.390. The van der Waals surface area contributed by atoms with Crippen LogP contribution in [0.25, 0.3) is 11.0 Å². The summed E-state index contributed by atoms with van der Waals surface area (Å²) in [5.41, 5.74) is -1.58. The second-order valence-corrected chi connectivity index (χ2v) is 4.74. The van der Waals surface area contributed by atoms with Crippen LogP contribution in [0.5, 0.6) is 0 Å². The Morgan fingerprint density at radius 1 is 1.42 bits per heavy atom. The van der Waals surface area contributed by atoms with Crippen LogP contribution in [0.15, 0.2) is 29.6 Å². The van der Waals surface area contributed by atoms with E-state index in [9.17, 15) is 13.6 Å². The molecule has 0 atom stereocenters. The van der Waals surface area contributed by atoms with E-state index in [0.29, 0.717) is 0 Å². The molecule has 0 unspecified atom stereocenters. The summed E-state index contributed by atoms with van der Waals surface area (Å²) >= 11 is 11.6. The van der Waals surface area contributed by atoms with Crippen LogP contribution in [0, 0.1) is 0 Å². The molecule has 0 fully saturated rings. The molecule has 0 aliphatic carbocycles. The molecular formula is C12H8Cl2F2N2O. The van der Waals surface area contributed by atoms with Gasteiger partial charge in [0.25, 0.3) is 11.5 Å². The topological polar surface area (TPSA) is 45.8 Å². The largest absolute Gasteiger partial charge is 0.318 e. The van der Waals surface area contributed by atoms with Gasteiger partial charge in [0.2, 0.25) is 0 Å². The standard InChI is InChI=1S/C12H8Cl2F2N2O/c1-2-3-12(15,16)10-11(19)18-9-7(14)4-6(13)5-8(9)17-10/h2,4-5H,1,3H2,(H,18,19). The van der Waals surface area contributed by atoms with Crippen molar-refractivity contribution < 1.29 is 8.78 Å². The number of benzene rings is 1. The summed E-state index contributed by atoms with van der Waals surface area (Å²) in [6.45, 7) is 3.23. The highest BCUT2D eigenvalue weighted by Gasteiger charge is 2.35. The number of nitrogens with zero attached hydrogens (tertiary/aromatic N) is 1. The van der Waals surface area contributed by atoms with Gasteiger partial charge in [0.1, 0.15) is 0 Å². The molecule has 0 radical (unpaired) electrons. The summed E-state index contributed by atoms with van der Waals surface area (Å²) in [6, 6.07) is 2.75. The number of aromatic nitrogens is 2. The first-order valence-corrected chi connectivity index (χ1v) is 5.99. The molecule has 0 aliphatic rings. The van der Waals surface area contributed by atoms with Gasteiger partial charge < -0.3 is 4.98 Å². The highest BCUT2D eigenvalue weighted by Crippen LogP contribution is 2.30.